The third kappa shape index (κ3) is 3.45. The Morgan fingerprint density at radius 2 is 2.19 bits per heavy atom. The average molecular weight is 357 g/mol. The predicted octanol–water partition coefficient (Wildman–Crippen LogP) is 3.37. The quantitative estimate of drug-likeness (QED) is 0.697. The molecule has 0 saturated carbocycles. The third-order valence-corrected chi connectivity index (χ3v) is 4.48. The number of halogens is 1. The largest absolute Gasteiger partial charge is 0.508 e. The van der Waals surface area contributed by atoms with E-state index in [2.05, 4.69) is 20.3 Å². The summed E-state index contributed by atoms with van der Waals surface area (Å²) >= 11 is 0. The van der Waals surface area contributed by atoms with E-state index in [9.17, 15) is 9.50 Å². The number of hydrogen-bond acceptors (Lipinski definition) is 6. The van der Waals surface area contributed by atoms with Gasteiger partial charge in [-0.25, -0.2) is 4.98 Å². The zero-order valence-electron chi connectivity index (χ0n) is 14.2. The summed E-state index contributed by atoms with van der Waals surface area (Å²) in [6.07, 6.45) is 4.70. The summed E-state index contributed by atoms with van der Waals surface area (Å²) in [5.74, 6) is 0.501. The highest BCUT2D eigenvalue weighted by Gasteiger charge is 2.20. The van der Waals surface area contributed by atoms with Crippen LogP contribution in [-0.2, 0) is 11.3 Å². The van der Waals surface area contributed by atoms with Crippen molar-refractivity contribution in [3.63, 3.8) is 0 Å². The predicted molar refractivity (Wildman–Crippen MR) is 94.2 cm³/mol. The Kier molecular flexibility index (Phi) is 4.66. The van der Waals surface area contributed by atoms with Crippen molar-refractivity contribution in [2.45, 2.75) is 38.5 Å². The van der Waals surface area contributed by atoms with Crippen molar-refractivity contribution < 1.29 is 14.2 Å². The van der Waals surface area contributed by atoms with Gasteiger partial charge >= 0.3 is 6.08 Å². The molecule has 1 aliphatic rings. The number of aromatic nitrogens is 4. The van der Waals surface area contributed by atoms with Crippen molar-refractivity contribution in [1.29, 1.82) is 0 Å². The molecule has 2 N–H and O–H groups in total. The molecular weight excluding hydrogens is 337 g/mol. The van der Waals surface area contributed by atoms with E-state index in [1.807, 2.05) is 6.07 Å². The lowest BCUT2D eigenvalue weighted by molar-refractivity contribution is 0.00928. The van der Waals surface area contributed by atoms with Crippen LogP contribution >= 0.6 is 0 Å². The molecular formula is C18H20FN5O2. The first-order valence-electron chi connectivity index (χ1n) is 8.74. The summed E-state index contributed by atoms with van der Waals surface area (Å²) in [5.41, 5.74) is 1.77. The summed E-state index contributed by atoms with van der Waals surface area (Å²) in [7, 11) is 0. The van der Waals surface area contributed by atoms with Gasteiger partial charge in [0, 0.05) is 13.2 Å². The third-order valence-electron chi connectivity index (χ3n) is 4.48. The van der Waals surface area contributed by atoms with E-state index in [-0.39, 0.29) is 12.0 Å². The van der Waals surface area contributed by atoms with Crippen molar-refractivity contribution in [1.82, 2.24) is 19.5 Å². The number of aromatic hydroxyl groups is 1. The van der Waals surface area contributed by atoms with Crippen molar-refractivity contribution in [2.75, 3.05) is 11.9 Å². The van der Waals surface area contributed by atoms with E-state index in [0.717, 1.165) is 31.2 Å². The highest BCUT2D eigenvalue weighted by atomic mass is 19.1. The van der Waals surface area contributed by atoms with Gasteiger partial charge in [-0.05, 0) is 37.0 Å². The van der Waals surface area contributed by atoms with Crippen molar-refractivity contribution in [2.24, 2.45) is 0 Å². The topological polar surface area (TPSA) is 85.1 Å². The minimum Gasteiger partial charge on any atom is -0.508 e. The number of phenolic OH excluding ortho intramolecular Hbond substituents is 1. The maximum absolute atomic E-state index is 14.0. The van der Waals surface area contributed by atoms with Gasteiger partial charge in [0.1, 0.15) is 12.0 Å². The molecule has 2 aromatic heterocycles. The Morgan fingerprint density at radius 3 is 3.08 bits per heavy atom. The fraction of sp³-hybridized carbons (Fsp3) is 0.389. The molecule has 1 saturated heterocycles. The lowest BCUT2D eigenvalue weighted by atomic mass is 10.2. The number of fused-ring (bicyclic) bond motifs is 1. The molecule has 0 spiro atoms. The van der Waals surface area contributed by atoms with Crippen LogP contribution < -0.4 is 5.32 Å². The summed E-state index contributed by atoms with van der Waals surface area (Å²) in [4.78, 5) is 12.2. The number of hydrogen-bond donors (Lipinski definition) is 2. The molecule has 8 heteroatoms. The normalized spacial score (nSPS) is 18.0. The molecule has 3 aromatic rings. The molecule has 1 aliphatic heterocycles. The number of ether oxygens (including phenoxy) is 1. The Balaban J connectivity index is 1.63. The number of imidazole rings is 1. The maximum atomic E-state index is 14.0. The highest BCUT2D eigenvalue weighted by molar-refractivity contribution is 5.82. The number of rotatable bonds is 4. The Morgan fingerprint density at radius 1 is 1.27 bits per heavy atom. The van der Waals surface area contributed by atoms with Crippen LogP contribution in [0.5, 0.6) is 5.75 Å². The number of nitrogens with one attached hydrogen (secondary N) is 1. The minimum atomic E-state index is -0.814. The van der Waals surface area contributed by atoms with E-state index in [1.165, 1.54) is 0 Å². The van der Waals surface area contributed by atoms with Gasteiger partial charge in [0.2, 0.25) is 0 Å². The fourth-order valence-corrected chi connectivity index (χ4v) is 3.20. The van der Waals surface area contributed by atoms with Gasteiger partial charge in [0.05, 0.1) is 6.33 Å². The van der Waals surface area contributed by atoms with Crippen LogP contribution in [0.4, 0.5) is 10.2 Å². The van der Waals surface area contributed by atoms with E-state index >= 15 is 0 Å². The van der Waals surface area contributed by atoms with Gasteiger partial charge in [0.15, 0.2) is 17.0 Å². The van der Waals surface area contributed by atoms with Crippen molar-refractivity contribution in [3.8, 4) is 5.75 Å². The SMILES string of the molecule is Oc1cccc(CNc2nc(F)nc3c2ncn3C2CCCCCO2)c1. The Hall–Kier alpha value is -2.74. The molecule has 0 radical (unpaired) electrons. The lowest BCUT2D eigenvalue weighted by Gasteiger charge is -2.16. The summed E-state index contributed by atoms with van der Waals surface area (Å²) in [5, 5.41) is 12.6. The summed E-state index contributed by atoms with van der Waals surface area (Å²) in [6, 6.07) is 6.85. The van der Waals surface area contributed by atoms with E-state index in [4.69, 9.17) is 4.74 Å². The molecule has 136 valence electrons. The smallest absolute Gasteiger partial charge is 0.312 e. The van der Waals surface area contributed by atoms with Crippen LogP contribution in [0.2, 0.25) is 0 Å². The molecule has 4 rings (SSSR count). The standard InChI is InChI=1S/C18H20FN5O2/c19-18-22-16(20-10-12-5-4-6-13(25)9-12)15-17(23-18)24(11-21-15)14-7-2-1-3-8-26-14/h4-6,9,11,14,25H,1-3,7-8,10H2,(H,20,22,23). The van der Waals surface area contributed by atoms with Gasteiger partial charge in [-0.3, -0.25) is 4.57 Å². The number of nitrogens with zero attached hydrogens (tertiary/aromatic N) is 4. The van der Waals surface area contributed by atoms with Gasteiger partial charge < -0.3 is 15.2 Å². The molecule has 0 amide bonds. The highest BCUT2D eigenvalue weighted by Crippen LogP contribution is 2.27. The van der Waals surface area contributed by atoms with Gasteiger partial charge in [-0.2, -0.15) is 14.4 Å². The molecule has 7 nitrogen and oxygen atoms in total. The van der Waals surface area contributed by atoms with Crippen molar-refractivity contribution >= 4 is 17.0 Å². The van der Waals surface area contributed by atoms with E-state index in [1.54, 1.807) is 29.1 Å². The van der Waals surface area contributed by atoms with E-state index < -0.39 is 6.08 Å². The first-order chi connectivity index (χ1) is 12.7. The Bertz CT molecular complexity index is 906. The van der Waals surface area contributed by atoms with Crippen LogP contribution in [0.3, 0.4) is 0 Å². The molecule has 1 unspecified atom stereocenters. The van der Waals surface area contributed by atoms with Gasteiger partial charge in [0.25, 0.3) is 0 Å². The first-order valence-corrected chi connectivity index (χ1v) is 8.74. The second kappa shape index (κ2) is 7.25. The maximum Gasteiger partial charge on any atom is 0.312 e. The molecule has 0 bridgehead atoms. The molecule has 3 heterocycles. The van der Waals surface area contributed by atoms with Gasteiger partial charge in [-0.1, -0.05) is 18.6 Å². The number of phenols is 1. The monoisotopic (exact) mass is 357 g/mol. The van der Waals surface area contributed by atoms with Crippen LogP contribution in [0.25, 0.3) is 11.2 Å². The lowest BCUT2D eigenvalue weighted by Crippen LogP contribution is -2.12. The second-order valence-corrected chi connectivity index (χ2v) is 6.36. The number of anilines is 1. The molecule has 1 fully saturated rings. The fourth-order valence-electron chi connectivity index (χ4n) is 3.20. The van der Waals surface area contributed by atoms with Crippen LogP contribution in [0, 0.1) is 6.08 Å². The minimum absolute atomic E-state index is 0.179. The second-order valence-electron chi connectivity index (χ2n) is 6.36. The zero-order chi connectivity index (χ0) is 17.9. The molecule has 1 aromatic carbocycles. The first kappa shape index (κ1) is 16.7. The van der Waals surface area contributed by atoms with Crippen LogP contribution in [0.15, 0.2) is 30.6 Å². The summed E-state index contributed by atoms with van der Waals surface area (Å²) in [6.45, 7) is 1.06. The zero-order valence-corrected chi connectivity index (χ0v) is 14.2. The summed E-state index contributed by atoms with van der Waals surface area (Å²) < 4.78 is 21.7. The van der Waals surface area contributed by atoms with Crippen LogP contribution in [-0.4, -0.2) is 31.2 Å². The van der Waals surface area contributed by atoms with Crippen LogP contribution in [0.1, 0.15) is 37.5 Å². The number of benzene rings is 1. The average Bonchev–Trinajstić information content (AvgIpc) is 2.87. The molecule has 26 heavy (non-hydrogen) atoms. The Labute approximate surface area is 149 Å². The van der Waals surface area contributed by atoms with E-state index in [0.29, 0.717) is 30.1 Å². The molecule has 1 atom stereocenters. The van der Waals surface area contributed by atoms with Gasteiger partial charge in [-0.15, -0.1) is 0 Å². The van der Waals surface area contributed by atoms with Crippen molar-refractivity contribution in [3.05, 3.63) is 42.2 Å². The molecule has 0 aliphatic carbocycles.